The minimum atomic E-state index is 0.711. The van der Waals surface area contributed by atoms with Crippen LogP contribution in [0.4, 0.5) is 0 Å². The van der Waals surface area contributed by atoms with E-state index >= 15 is 0 Å². The van der Waals surface area contributed by atoms with Crippen molar-refractivity contribution in [1.29, 1.82) is 0 Å². The lowest BCUT2D eigenvalue weighted by molar-refractivity contribution is 0.128. The molecule has 136 valence electrons. The summed E-state index contributed by atoms with van der Waals surface area (Å²) in [6, 6.07) is 0. The fraction of sp³-hybridized carbons (Fsp3) is 0.944. The minimum Gasteiger partial charge on any atom is -0.380 e. The topological polar surface area (TPSA) is 48.9 Å². The number of aliphatic imine (C=N–C) groups is 1. The highest BCUT2D eigenvalue weighted by Crippen LogP contribution is 2.08. The van der Waals surface area contributed by atoms with Crippen molar-refractivity contribution in [2.45, 2.75) is 52.9 Å². The van der Waals surface area contributed by atoms with E-state index in [0.717, 1.165) is 51.6 Å². The molecule has 1 saturated heterocycles. The van der Waals surface area contributed by atoms with Gasteiger partial charge in [0, 0.05) is 26.2 Å². The summed E-state index contributed by atoms with van der Waals surface area (Å²) < 4.78 is 5.62. The molecule has 0 aromatic heterocycles. The van der Waals surface area contributed by atoms with Crippen molar-refractivity contribution in [3.8, 4) is 0 Å². The Hall–Kier alpha value is -0.810. The van der Waals surface area contributed by atoms with Gasteiger partial charge >= 0.3 is 0 Å². The number of likely N-dealkylation sites (tertiary alicyclic amines) is 1. The van der Waals surface area contributed by atoms with Crippen molar-refractivity contribution in [3.05, 3.63) is 0 Å². The van der Waals surface area contributed by atoms with Gasteiger partial charge in [0.15, 0.2) is 5.96 Å². The van der Waals surface area contributed by atoms with Gasteiger partial charge in [0.1, 0.15) is 0 Å². The van der Waals surface area contributed by atoms with E-state index < -0.39 is 0 Å². The third-order valence-corrected chi connectivity index (χ3v) is 4.07. The van der Waals surface area contributed by atoms with Crippen LogP contribution in [0.3, 0.4) is 0 Å². The van der Waals surface area contributed by atoms with Gasteiger partial charge in [-0.15, -0.1) is 0 Å². The highest BCUT2D eigenvalue weighted by Gasteiger charge is 2.09. The number of hydrogen-bond donors (Lipinski definition) is 2. The van der Waals surface area contributed by atoms with Crippen LogP contribution in [0.5, 0.6) is 0 Å². The van der Waals surface area contributed by atoms with E-state index in [1.165, 1.54) is 38.9 Å². The number of nitrogens with zero attached hydrogens (tertiary/aromatic N) is 2. The summed E-state index contributed by atoms with van der Waals surface area (Å²) in [5.74, 6) is 1.63. The highest BCUT2D eigenvalue weighted by atomic mass is 16.5. The Bertz CT molecular complexity index is 301. The zero-order valence-electron chi connectivity index (χ0n) is 15.6. The molecule has 2 N–H and O–H groups in total. The molecule has 5 nitrogen and oxygen atoms in total. The van der Waals surface area contributed by atoms with Crippen molar-refractivity contribution in [3.63, 3.8) is 0 Å². The Morgan fingerprint density at radius 2 is 1.91 bits per heavy atom. The monoisotopic (exact) mass is 326 g/mol. The fourth-order valence-electron chi connectivity index (χ4n) is 2.65. The van der Waals surface area contributed by atoms with Gasteiger partial charge in [-0.1, -0.05) is 13.8 Å². The van der Waals surface area contributed by atoms with Gasteiger partial charge in [-0.25, -0.2) is 0 Å². The summed E-state index contributed by atoms with van der Waals surface area (Å²) in [4.78, 5) is 7.22. The number of rotatable bonds is 12. The van der Waals surface area contributed by atoms with E-state index in [9.17, 15) is 0 Å². The van der Waals surface area contributed by atoms with Gasteiger partial charge in [-0.2, -0.15) is 0 Å². The molecule has 0 aliphatic carbocycles. The molecule has 1 aliphatic heterocycles. The minimum absolute atomic E-state index is 0.711. The Balaban J connectivity index is 2.04. The number of unbranched alkanes of at least 4 members (excludes halogenated alkanes) is 1. The molecule has 0 aromatic carbocycles. The zero-order valence-corrected chi connectivity index (χ0v) is 15.6. The van der Waals surface area contributed by atoms with Crippen LogP contribution < -0.4 is 10.6 Å². The van der Waals surface area contributed by atoms with Crippen LogP contribution in [0.25, 0.3) is 0 Å². The molecule has 0 aromatic rings. The van der Waals surface area contributed by atoms with Gasteiger partial charge in [-0.05, 0) is 64.6 Å². The molecule has 0 unspecified atom stereocenters. The first-order valence-electron chi connectivity index (χ1n) is 9.54. The van der Waals surface area contributed by atoms with Gasteiger partial charge in [-0.3, -0.25) is 4.99 Å². The van der Waals surface area contributed by atoms with Crippen LogP contribution in [0.2, 0.25) is 0 Å². The highest BCUT2D eigenvalue weighted by molar-refractivity contribution is 5.79. The van der Waals surface area contributed by atoms with Gasteiger partial charge in [0.05, 0.1) is 6.61 Å². The average molecular weight is 327 g/mol. The predicted octanol–water partition coefficient (Wildman–Crippen LogP) is 2.48. The lowest BCUT2D eigenvalue weighted by atomic mass is 10.1. The number of ether oxygens (including phenoxy) is 1. The second-order valence-corrected chi connectivity index (χ2v) is 6.74. The Labute approximate surface area is 143 Å². The van der Waals surface area contributed by atoms with Gasteiger partial charge in [0.2, 0.25) is 0 Å². The molecule has 0 atom stereocenters. The van der Waals surface area contributed by atoms with Crippen LogP contribution in [-0.4, -0.2) is 63.3 Å². The number of guanidine groups is 1. The fourth-order valence-corrected chi connectivity index (χ4v) is 2.65. The van der Waals surface area contributed by atoms with E-state index in [1.807, 2.05) is 0 Å². The maximum atomic E-state index is 5.62. The van der Waals surface area contributed by atoms with Crippen molar-refractivity contribution in [1.82, 2.24) is 15.5 Å². The molecule has 23 heavy (non-hydrogen) atoms. The summed E-state index contributed by atoms with van der Waals surface area (Å²) in [6.45, 7) is 14.6. The van der Waals surface area contributed by atoms with Crippen molar-refractivity contribution in [2.75, 3.05) is 52.5 Å². The molecule has 0 radical (unpaired) electrons. The first-order chi connectivity index (χ1) is 11.2. The first-order valence-corrected chi connectivity index (χ1v) is 9.54. The first kappa shape index (κ1) is 20.2. The molecule has 0 spiro atoms. The molecule has 0 bridgehead atoms. The normalized spacial score (nSPS) is 16.3. The maximum Gasteiger partial charge on any atom is 0.191 e. The van der Waals surface area contributed by atoms with Crippen molar-refractivity contribution in [2.24, 2.45) is 10.9 Å². The molecular weight excluding hydrogens is 288 g/mol. The largest absolute Gasteiger partial charge is 0.380 e. The van der Waals surface area contributed by atoms with E-state index in [1.54, 1.807) is 0 Å². The summed E-state index contributed by atoms with van der Waals surface area (Å²) in [7, 11) is 0. The number of nitrogens with one attached hydrogen (secondary N) is 2. The lowest BCUT2D eigenvalue weighted by Gasteiger charge is -2.14. The van der Waals surface area contributed by atoms with Crippen LogP contribution >= 0.6 is 0 Å². The van der Waals surface area contributed by atoms with Crippen LogP contribution in [0, 0.1) is 5.92 Å². The summed E-state index contributed by atoms with van der Waals surface area (Å²) in [6.07, 6.45) is 6.31. The van der Waals surface area contributed by atoms with E-state index in [0.29, 0.717) is 5.92 Å². The Morgan fingerprint density at radius 3 is 2.61 bits per heavy atom. The maximum absolute atomic E-state index is 5.62. The molecule has 1 aliphatic rings. The number of hydrogen-bond acceptors (Lipinski definition) is 3. The third-order valence-electron chi connectivity index (χ3n) is 4.07. The summed E-state index contributed by atoms with van der Waals surface area (Å²) in [5, 5.41) is 6.64. The third kappa shape index (κ3) is 11.4. The molecular formula is C18H38N4O. The van der Waals surface area contributed by atoms with E-state index in [4.69, 9.17) is 4.74 Å². The SMILES string of the molecule is CCNC(=NCCCCN1CCCC1)NCCOCCC(C)C. The lowest BCUT2D eigenvalue weighted by Crippen LogP contribution is -2.39. The second kappa shape index (κ2) is 13.6. The Morgan fingerprint density at radius 1 is 1.13 bits per heavy atom. The smallest absolute Gasteiger partial charge is 0.191 e. The Kier molecular flexibility index (Phi) is 12.0. The molecule has 0 amide bonds. The van der Waals surface area contributed by atoms with Gasteiger partial charge in [0.25, 0.3) is 0 Å². The average Bonchev–Trinajstić information content (AvgIpc) is 3.03. The van der Waals surface area contributed by atoms with Crippen LogP contribution in [-0.2, 0) is 4.74 Å². The molecule has 1 fully saturated rings. The molecule has 5 heteroatoms. The van der Waals surface area contributed by atoms with E-state index in [-0.39, 0.29) is 0 Å². The van der Waals surface area contributed by atoms with Crippen LogP contribution in [0.15, 0.2) is 4.99 Å². The molecule has 1 heterocycles. The van der Waals surface area contributed by atoms with Gasteiger partial charge < -0.3 is 20.3 Å². The summed E-state index contributed by atoms with van der Waals surface area (Å²) in [5.41, 5.74) is 0. The van der Waals surface area contributed by atoms with E-state index in [2.05, 4.69) is 41.3 Å². The molecule has 0 saturated carbocycles. The van der Waals surface area contributed by atoms with Crippen molar-refractivity contribution < 1.29 is 4.74 Å². The van der Waals surface area contributed by atoms with Crippen molar-refractivity contribution >= 4 is 5.96 Å². The second-order valence-electron chi connectivity index (χ2n) is 6.74. The summed E-state index contributed by atoms with van der Waals surface area (Å²) >= 11 is 0. The zero-order chi connectivity index (χ0) is 16.8. The van der Waals surface area contributed by atoms with Crippen LogP contribution in [0.1, 0.15) is 52.9 Å². The molecule has 1 rings (SSSR count). The predicted molar refractivity (Wildman–Crippen MR) is 99.2 cm³/mol. The quantitative estimate of drug-likeness (QED) is 0.329. The standard InChI is InChI=1S/C18H38N4O/c1-4-19-18(21-11-16-23-15-9-17(2)3)20-10-5-6-12-22-13-7-8-14-22/h17H,4-16H2,1-3H3,(H2,19,20,21).